The molecule has 0 bridgehead atoms. The van der Waals surface area contributed by atoms with Crippen LogP contribution in [0.15, 0.2) is 165 Å². The number of hydrogen-bond donors (Lipinski definition) is 4. The van der Waals surface area contributed by atoms with E-state index in [4.69, 9.17) is 19.7 Å². The number of rotatable bonds is 22. The summed E-state index contributed by atoms with van der Waals surface area (Å²) < 4.78 is 123. The van der Waals surface area contributed by atoms with Crippen molar-refractivity contribution in [2.24, 2.45) is 0 Å². The molecule has 0 radical (unpaired) electrons. The zero-order chi connectivity index (χ0) is 65.2. The largest absolute Gasteiger partial charge is 0.489 e. The van der Waals surface area contributed by atoms with Gasteiger partial charge in [-0.15, -0.1) is 0 Å². The molecule has 2 amide bonds. The molecule has 3 aliphatic rings. The first-order chi connectivity index (χ1) is 44.6. The van der Waals surface area contributed by atoms with Crippen molar-refractivity contribution in [3.63, 3.8) is 0 Å². The third kappa shape index (κ3) is 15.0. The molecule has 0 atom stereocenters. The molecule has 3 fully saturated rings. The molecule has 93 heavy (non-hydrogen) atoms. The van der Waals surface area contributed by atoms with Gasteiger partial charge in [-0.05, 0) is 147 Å². The second-order valence-corrected chi connectivity index (χ2v) is 23.7. The number of alkyl halides is 6. The molecular formula is C71H64F8N10O4. The predicted molar refractivity (Wildman–Crippen MR) is 338 cm³/mol. The Kier molecular flexibility index (Phi) is 17.8. The number of anilines is 2. The number of halogens is 8. The van der Waals surface area contributed by atoms with Gasteiger partial charge >= 0.3 is 12.4 Å². The maximum Gasteiger partial charge on any atom is 0.390 e. The Labute approximate surface area is 530 Å². The molecule has 3 saturated carbocycles. The molecule has 3 aliphatic carbocycles. The normalized spacial score (nSPS) is 14.3. The second-order valence-electron chi connectivity index (χ2n) is 23.7. The number of fused-ring (bicyclic) bond motifs is 2. The number of nitrogens with one attached hydrogen (secondary N) is 4. The van der Waals surface area contributed by atoms with Crippen LogP contribution in [0, 0.1) is 25.5 Å². The summed E-state index contributed by atoms with van der Waals surface area (Å²) in [6, 6.07) is 42.1. The number of imidazole rings is 2. The highest BCUT2D eigenvalue weighted by Crippen LogP contribution is 2.56. The number of amides is 2. The van der Waals surface area contributed by atoms with E-state index >= 15 is 0 Å². The molecule has 0 saturated heterocycles. The monoisotopic (exact) mass is 1270 g/mol. The molecular weight excluding hydrogens is 1210 g/mol. The van der Waals surface area contributed by atoms with E-state index in [1.165, 1.54) is 34.8 Å². The topological polar surface area (TPSA) is 161 Å². The molecule has 0 aliphatic heterocycles. The number of benzene rings is 6. The lowest BCUT2D eigenvalue weighted by Crippen LogP contribution is -2.26. The molecule has 0 unspecified atom stereocenters. The van der Waals surface area contributed by atoms with Gasteiger partial charge in [0.1, 0.15) is 36.3 Å². The first-order valence-corrected chi connectivity index (χ1v) is 30.5. The third-order valence-corrected chi connectivity index (χ3v) is 16.5. The van der Waals surface area contributed by atoms with Gasteiger partial charge in [-0.3, -0.25) is 9.59 Å². The summed E-state index contributed by atoms with van der Waals surface area (Å²) in [5, 5.41) is 21.5. The predicted octanol–water partition coefficient (Wildman–Crippen LogP) is 15.5. The fraction of sp³-hybridized carbons (Fsp3) is 0.268. The maximum absolute atomic E-state index is 14.8. The van der Waals surface area contributed by atoms with E-state index in [1.807, 2.05) is 92.7 Å². The molecule has 22 heteroatoms. The van der Waals surface area contributed by atoms with Crippen LogP contribution in [0.5, 0.6) is 11.5 Å². The number of carbonyl (C=O) groups excluding carboxylic acids is 2. The lowest BCUT2D eigenvalue weighted by molar-refractivity contribution is -0.132. The highest BCUT2D eigenvalue weighted by Gasteiger charge is 2.50. The van der Waals surface area contributed by atoms with E-state index in [1.54, 1.807) is 53.3 Å². The number of aryl methyl sites for hydroxylation is 2. The highest BCUT2D eigenvalue weighted by atomic mass is 19.4. The average molecular weight is 1270 g/mol. The summed E-state index contributed by atoms with van der Waals surface area (Å²) >= 11 is 0. The SMILES string of the molecule is C=C(c1cc(NCCC(F)(F)F)c2ncc(-c3ccc(C(=O)NC4CC4)c(C)c3)n2n1)c1cc(F)ccc1OCc1ccccc1.Cc1cc(-c2cnc3c(NCCC(F)(F)F)cc(C4(c5cc(F)ccc5OCc5ccccc5)CC4)nn23)ccc1C(=O)NC1CC1. The fourth-order valence-corrected chi connectivity index (χ4v) is 11.1. The maximum atomic E-state index is 14.8. The summed E-state index contributed by atoms with van der Waals surface area (Å²) in [6.07, 6.45) is -2.40. The molecule has 478 valence electrons. The number of nitrogens with zero attached hydrogens (tertiary/aromatic N) is 6. The van der Waals surface area contributed by atoms with Crippen molar-refractivity contribution >= 4 is 40.1 Å². The Balaban J connectivity index is 0.000000179. The quantitative estimate of drug-likeness (QED) is 0.0481. The minimum atomic E-state index is -4.36. The first-order valence-electron chi connectivity index (χ1n) is 30.5. The van der Waals surface area contributed by atoms with Gasteiger partial charge in [0.05, 0.1) is 59.4 Å². The molecule has 4 aromatic heterocycles. The minimum Gasteiger partial charge on any atom is -0.489 e. The van der Waals surface area contributed by atoms with Crippen molar-refractivity contribution in [2.75, 3.05) is 23.7 Å². The lowest BCUT2D eigenvalue weighted by atomic mass is 9.91. The zero-order valence-electron chi connectivity index (χ0n) is 50.7. The van der Waals surface area contributed by atoms with Gasteiger partial charge in [0.25, 0.3) is 11.8 Å². The lowest BCUT2D eigenvalue weighted by Gasteiger charge is -2.21. The molecule has 4 heterocycles. The number of ether oxygens (including phenoxy) is 2. The summed E-state index contributed by atoms with van der Waals surface area (Å²) in [5.41, 5.74) is 9.81. The van der Waals surface area contributed by atoms with Crippen LogP contribution in [0.4, 0.5) is 46.5 Å². The van der Waals surface area contributed by atoms with Gasteiger partial charge in [-0.2, -0.15) is 36.5 Å². The Hall–Kier alpha value is -10.1. The van der Waals surface area contributed by atoms with E-state index in [0.29, 0.717) is 97.5 Å². The van der Waals surface area contributed by atoms with Crippen LogP contribution >= 0.6 is 0 Å². The number of aromatic nitrogens is 6. The molecule has 14 nitrogen and oxygen atoms in total. The molecule has 10 aromatic rings. The Morgan fingerprint density at radius 2 is 1.04 bits per heavy atom. The van der Waals surface area contributed by atoms with Crippen LogP contribution < -0.4 is 30.7 Å². The van der Waals surface area contributed by atoms with E-state index < -0.39 is 48.8 Å². The van der Waals surface area contributed by atoms with Crippen LogP contribution in [-0.4, -0.2) is 78.5 Å². The fourth-order valence-electron chi connectivity index (χ4n) is 11.1. The Morgan fingerprint density at radius 1 is 0.570 bits per heavy atom. The van der Waals surface area contributed by atoms with Gasteiger partial charge in [0, 0.05) is 69.5 Å². The molecule has 4 N–H and O–H groups in total. The number of carbonyl (C=O) groups is 2. The van der Waals surface area contributed by atoms with Crippen LogP contribution in [0.3, 0.4) is 0 Å². The van der Waals surface area contributed by atoms with E-state index in [9.17, 15) is 44.7 Å². The summed E-state index contributed by atoms with van der Waals surface area (Å²) in [4.78, 5) is 34.5. The van der Waals surface area contributed by atoms with Crippen molar-refractivity contribution in [1.82, 2.24) is 39.8 Å². The molecule has 0 spiro atoms. The van der Waals surface area contributed by atoms with Crippen LogP contribution in [-0.2, 0) is 18.6 Å². The van der Waals surface area contributed by atoms with Gasteiger partial charge < -0.3 is 30.7 Å². The molecule has 6 aromatic carbocycles. The zero-order valence-corrected chi connectivity index (χ0v) is 50.7. The smallest absolute Gasteiger partial charge is 0.390 e. The Morgan fingerprint density at radius 3 is 1.53 bits per heavy atom. The van der Waals surface area contributed by atoms with Crippen molar-refractivity contribution in [1.29, 1.82) is 0 Å². The highest BCUT2D eigenvalue weighted by molar-refractivity contribution is 5.97. The van der Waals surface area contributed by atoms with E-state index in [2.05, 4.69) is 37.8 Å². The van der Waals surface area contributed by atoms with Crippen molar-refractivity contribution < 1.29 is 54.2 Å². The number of hydrogen-bond acceptors (Lipinski definition) is 10. The van der Waals surface area contributed by atoms with Crippen LogP contribution in [0.2, 0.25) is 0 Å². The first kappa shape index (κ1) is 63.0. The average Bonchev–Trinajstić information content (AvgIpc) is 1.62. The van der Waals surface area contributed by atoms with Gasteiger partial charge in [0.15, 0.2) is 11.3 Å². The van der Waals surface area contributed by atoms with E-state index in [0.717, 1.165) is 53.5 Å². The van der Waals surface area contributed by atoms with Crippen LogP contribution in [0.25, 0.3) is 39.4 Å². The van der Waals surface area contributed by atoms with Crippen molar-refractivity contribution in [2.45, 2.75) is 108 Å². The van der Waals surface area contributed by atoms with Gasteiger partial charge in [-0.25, -0.2) is 27.8 Å². The minimum absolute atomic E-state index is 0.123. The Bertz CT molecular complexity index is 4430. The summed E-state index contributed by atoms with van der Waals surface area (Å²) in [5.74, 6) is -0.321. The van der Waals surface area contributed by atoms with Gasteiger partial charge in [0.2, 0.25) is 0 Å². The summed E-state index contributed by atoms with van der Waals surface area (Å²) in [6.45, 7) is 7.64. The standard InChI is InChI=1S/C36H33F4N5O2.C35H31F4N5O2/c1-22-17-24(7-11-27(22)34(46)43-26-9-10-26)30-20-42-33-29(41-16-15-36(38,39)40)19-32(44-45(30)33)35(13-14-35)28-18-25(37)8-12-31(28)47-21-23-5-3-2-4-6-23;1-21-16-24(8-12-27(21)34(45)42-26-10-11-26)31-19-41-33-30(40-15-14-35(37,38)39)18-29(43-44(31)33)22(2)28-17-25(36)9-13-32(28)46-20-23-6-4-3-5-7-23/h2-8,11-12,17-20,26,41H,9-10,13-16,21H2,1H3,(H,43,46);3-9,12-13,16-19,26,40H,2,10-11,14-15,20H2,1H3,(H,42,45). The van der Waals surface area contributed by atoms with Gasteiger partial charge in [-0.1, -0.05) is 79.4 Å². The third-order valence-electron chi connectivity index (χ3n) is 16.5. The van der Waals surface area contributed by atoms with E-state index in [-0.39, 0.29) is 49.4 Å². The van der Waals surface area contributed by atoms with Crippen molar-refractivity contribution in [3.05, 3.63) is 232 Å². The second kappa shape index (κ2) is 26.2. The summed E-state index contributed by atoms with van der Waals surface area (Å²) in [7, 11) is 0. The van der Waals surface area contributed by atoms with Crippen LogP contribution in [0.1, 0.15) is 117 Å². The molecule has 13 rings (SSSR count). The van der Waals surface area contributed by atoms with Crippen molar-refractivity contribution in [3.8, 4) is 34.0 Å².